The van der Waals surface area contributed by atoms with Crippen LogP contribution < -0.4 is 5.32 Å². The Bertz CT molecular complexity index is 922. The first-order chi connectivity index (χ1) is 12.3. The summed E-state index contributed by atoms with van der Waals surface area (Å²) in [4.78, 5) is 16.4. The van der Waals surface area contributed by atoms with Crippen LogP contribution in [0.1, 0.15) is 35.0 Å². The molecule has 0 spiro atoms. The van der Waals surface area contributed by atoms with Gasteiger partial charge in [0, 0.05) is 25.7 Å². The molecule has 0 radical (unpaired) electrons. The van der Waals surface area contributed by atoms with E-state index < -0.39 is 22.0 Å². The SMILES string of the molecule is Cc1nc(C)c(C(=O)Nc2cccc(S(=O)(=O)N3CCC[C@@H](O)C3)c2)o1. The molecule has 140 valence electrons. The summed E-state index contributed by atoms with van der Waals surface area (Å²) in [6.45, 7) is 3.75. The van der Waals surface area contributed by atoms with E-state index in [9.17, 15) is 18.3 Å². The number of carbonyl (C=O) groups is 1. The van der Waals surface area contributed by atoms with E-state index >= 15 is 0 Å². The molecule has 8 nitrogen and oxygen atoms in total. The first-order valence-electron chi connectivity index (χ1n) is 8.31. The van der Waals surface area contributed by atoms with Crippen molar-refractivity contribution in [1.82, 2.24) is 9.29 Å². The molecule has 2 heterocycles. The average Bonchev–Trinajstić information content (AvgIpc) is 2.93. The summed E-state index contributed by atoms with van der Waals surface area (Å²) in [7, 11) is -3.74. The van der Waals surface area contributed by atoms with E-state index in [1.54, 1.807) is 26.0 Å². The van der Waals surface area contributed by atoms with Crippen molar-refractivity contribution in [1.29, 1.82) is 0 Å². The topological polar surface area (TPSA) is 113 Å². The van der Waals surface area contributed by atoms with Gasteiger partial charge in [-0.25, -0.2) is 13.4 Å². The first kappa shape index (κ1) is 18.6. The van der Waals surface area contributed by atoms with Crippen LogP contribution in [0, 0.1) is 13.8 Å². The van der Waals surface area contributed by atoms with Crippen LogP contribution in [0.2, 0.25) is 0 Å². The summed E-state index contributed by atoms with van der Waals surface area (Å²) >= 11 is 0. The highest BCUT2D eigenvalue weighted by Gasteiger charge is 2.29. The Morgan fingerprint density at radius 3 is 2.81 bits per heavy atom. The van der Waals surface area contributed by atoms with Crippen LogP contribution in [0.25, 0.3) is 0 Å². The van der Waals surface area contributed by atoms with Gasteiger partial charge in [0.25, 0.3) is 5.91 Å². The van der Waals surface area contributed by atoms with Crippen molar-refractivity contribution in [2.45, 2.75) is 37.7 Å². The largest absolute Gasteiger partial charge is 0.436 e. The number of aromatic nitrogens is 1. The van der Waals surface area contributed by atoms with E-state index in [0.717, 1.165) is 0 Å². The van der Waals surface area contributed by atoms with Gasteiger partial charge in [-0.05, 0) is 38.0 Å². The molecule has 1 fully saturated rings. The average molecular weight is 379 g/mol. The molecule has 0 aliphatic carbocycles. The molecule has 26 heavy (non-hydrogen) atoms. The van der Waals surface area contributed by atoms with E-state index in [0.29, 0.717) is 36.7 Å². The third kappa shape index (κ3) is 3.79. The number of piperidine rings is 1. The summed E-state index contributed by atoms with van der Waals surface area (Å²) in [5.41, 5.74) is 0.799. The molecule has 2 aromatic rings. The predicted molar refractivity (Wildman–Crippen MR) is 94.4 cm³/mol. The maximum Gasteiger partial charge on any atom is 0.293 e. The van der Waals surface area contributed by atoms with Gasteiger partial charge < -0.3 is 14.8 Å². The number of sulfonamides is 1. The highest BCUT2D eigenvalue weighted by Crippen LogP contribution is 2.23. The van der Waals surface area contributed by atoms with E-state index in [4.69, 9.17) is 4.42 Å². The zero-order valence-electron chi connectivity index (χ0n) is 14.6. The van der Waals surface area contributed by atoms with Gasteiger partial charge in [0.05, 0.1) is 16.7 Å². The van der Waals surface area contributed by atoms with Crippen LogP contribution in [0.5, 0.6) is 0 Å². The maximum atomic E-state index is 12.8. The summed E-state index contributed by atoms with van der Waals surface area (Å²) in [6.07, 6.45) is 0.554. The molecule has 0 bridgehead atoms. The Hall–Kier alpha value is -2.23. The lowest BCUT2D eigenvalue weighted by atomic mass is 10.1. The van der Waals surface area contributed by atoms with Crippen LogP contribution in [-0.2, 0) is 10.0 Å². The predicted octanol–water partition coefficient (Wildman–Crippen LogP) is 1.69. The number of oxazole rings is 1. The molecule has 1 atom stereocenters. The second kappa shape index (κ2) is 7.18. The van der Waals surface area contributed by atoms with Crippen molar-refractivity contribution in [3.63, 3.8) is 0 Å². The molecule has 1 aliphatic heterocycles. The van der Waals surface area contributed by atoms with Crippen LogP contribution in [0.3, 0.4) is 0 Å². The number of benzene rings is 1. The minimum absolute atomic E-state index is 0.0647. The number of rotatable bonds is 4. The first-order valence-corrected chi connectivity index (χ1v) is 9.75. The van der Waals surface area contributed by atoms with Gasteiger partial charge in [0.2, 0.25) is 15.8 Å². The number of β-amino-alcohol motifs (C(OH)–C–C–N with tert-alkyl or cyclic N) is 1. The van der Waals surface area contributed by atoms with Crippen LogP contribution in [0.4, 0.5) is 5.69 Å². The molecule has 1 aromatic heterocycles. The summed E-state index contributed by atoms with van der Waals surface area (Å²) < 4.78 is 32.1. The molecule has 2 N–H and O–H groups in total. The van der Waals surface area contributed by atoms with Gasteiger partial charge in [0.1, 0.15) is 0 Å². The fourth-order valence-corrected chi connectivity index (χ4v) is 4.51. The second-order valence-electron chi connectivity index (χ2n) is 6.29. The third-order valence-corrected chi connectivity index (χ3v) is 6.06. The Kier molecular flexibility index (Phi) is 5.12. The van der Waals surface area contributed by atoms with Crippen LogP contribution >= 0.6 is 0 Å². The van der Waals surface area contributed by atoms with Gasteiger partial charge in [-0.1, -0.05) is 6.07 Å². The van der Waals surface area contributed by atoms with E-state index in [1.165, 1.54) is 16.4 Å². The maximum absolute atomic E-state index is 12.8. The lowest BCUT2D eigenvalue weighted by molar-refractivity contribution is 0.0994. The number of nitrogens with one attached hydrogen (secondary N) is 1. The van der Waals surface area contributed by atoms with Gasteiger partial charge >= 0.3 is 0 Å². The normalized spacial score (nSPS) is 18.7. The molecule has 1 aromatic carbocycles. The third-order valence-electron chi connectivity index (χ3n) is 4.20. The zero-order valence-corrected chi connectivity index (χ0v) is 15.4. The molecule has 0 unspecified atom stereocenters. The van der Waals surface area contributed by atoms with E-state index in [-0.39, 0.29) is 17.2 Å². The fourth-order valence-electron chi connectivity index (χ4n) is 2.95. The Morgan fingerprint density at radius 1 is 1.38 bits per heavy atom. The van der Waals surface area contributed by atoms with Gasteiger partial charge in [-0.3, -0.25) is 4.79 Å². The van der Waals surface area contributed by atoms with Crippen molar-refractivity contribution in [3.05, 3.63) is 41.6 Å². The smallest absolute Gasteiger partial charge is 0.293 e. The van der Waals surface area contributed by atoms with Gasteiger partial charge in [0.15, 0.2) is 5.89 Å². The Morgan fingerprint density at radius 2 is 2.15 bits per heavy atom. The highest BCUT2D eigenvalue weighted by molar-refractivity contribution is 7.89. The minimum atomic E-state index is -3.74. The van der Waals surface area contributed by atoms with Crippen molar-refractivity contribution < 1.29 is 22.7 Å². The number of anilines is 1. The number of aryl methyl sites for hydroxylation is 2. The molecule has 9 heteroatoms. The Labute approximate surface area is 151 Å². The number of nitrogens with zero attached hydrogens (tertiary/aromatic N) is 2. The molecule has 3 rings (SSSR count). The van der Waals surface area contributed by atoms with Crippen molar-refractivity contribution in [2.75, 3.05) is 18.4 Å². The monoisotopic (exact) mass is 379 g/mol. The van der Waals surface area contributed by atoms with Crippen molar-refractivity contribution in [2.24, 2.45) is 0 Å². The fraction of sp³-hybridized carbons (Fsp3) is 0.412. The number of hydrogen-bond donors (Lipinski definition) is 2. The number of carbonyl (C=O) groups excluding carboxylic acids is 1. The van der Waals surface area contributed by atoms with Crippen LogP contribution in [-0.4, -0.2) is 47.9 Å². The second-order valence-corrected chi connectivity index (χ2v) is 8.23. The molecule has 1 amide bonds. The molecule has 1 saturated heterocycles. The van der Waals surface area contributed by atoms with Gasteiger partial charge in [-0.2, -0.15) is 4.31 Å². The summed E-state index contributed by atoms with van der Waals surface area (Å²) in [6, 6.07) is 6.02. The molecular formula is C17H21N3O5S. The number of aliphatic hydroxyl groups excluding tert-OH is 1. The standard InChI is InChI=1S/C17H21N3O5S/c1-11-16(25-12(2)18-11)17(22)19-13-5-3-7-15(9-13)26(23,24)20-8-4-6-14(21)10-20/h3,5,7,9,14,21H,4,6,8,10H2,1-2H3,(H,19,22)/t14-/m1/s1. The number of amides is 1. The van der Waals surface area contributed by atoms with E-state index in [1.807, 2.05) is 0 Å². The molecule has 0 saturated carbocycles. The van der Waals surface area contributed by atoms with Crippen LogP contribution in [0.15, 0.2) is 33.6 Å². The quantitative estimate of drug-likeness (QED) is 0.836. The highest BCUT2D eigenvalue weighted by atomic mass is 32.2. The van der Waals surface area contributed by atoms with Crippen molar-refractivity contribution >= 4 is 21.6 Å². The summed E-state index contributed by atoms with van der Waals surface area (Å²) in [5, 5.41) is 12.4. The van der Waals surface area contributed by atoms with Gasteiger partial charge in [-0.15, -0.1) is 0 Å². The lowest BCUT2D eigenvalue weighted by Gasteiger charge is -2.29. The lowest BCUT2D eigenvalue weighted by Crippen LogP contribution is -2.42. The van der Waals surface area contributed by atoms with Crippen molar-refractivity contribution in [3.8, 4) is 0 Å². The number of hydrogen-bond acceptors (Lipinski definition) is 6. The molecular weight excluding hydrogens is 358 g/mol. The number of aliphatic hydroxyl groups is 1. The Balaban J connectivity index is 1.82. The minimum Gasteiger partial charge on any atom is -0.436 e. The van der Waals surface area contributed by atoms with E-state index in [2.05, 4.69) is 10.3 Å². The summed E-state index contributed by atoms with van der Waals surface area (Å²) in [5.74, 6) is -0.0198. The molecule has 1 aliphatic rings. The zero-order chi connectivity index (χ0) is 18.9.